The molecule has 2 amide bonds. The monoisotopic (exact) mass is 410 g/mol. The van der Waals surface area contributed by atoms with E-state index in [1.165, 1.54) is 0 Å². The number of carbonyl (C=O) groups is 2. The highest BCUT2D eigenvalue weighted by molar-refractivity contribution is 5.78. The fraction of sp³-hybridized carbons (Fsp3) is 0.476. The van der Waals surface area contributed by atoms with Crippen molar-refractivity contribution in [2.24, 2.45) is 0 Å². The lowest BCUT2D eigenvalue weighted by atomic mass is 10.1. The maximum absolute atomic E-state index is 12.7. The van der Waals surface area contributed by atoms with E-state index in [2.05, 4.69) is 20.3 Å². The summed E-state index contributed by atoms with van der Waals surface area (Å²) < 4.78 is 5.57. The molecule has 4 heterocycles. The fourth-order valence-corrected chi connectivity index (χ4v) is 3.93. The van der Waals surface area contributed by atoms with Gasteiger partial charge in [-0.05, 0) is 31.4 Å². The number of aromatic nitrogens is 3. The van der Waals surface area contributed by atoms with Gasteiger partial charge in [0.1, 0.15) is 18.2 Å². The molecule has 2 fully saturated rings. The van der Waals surface area contributed by atoms with E-state index >= 15 is 0 Å². The van der Waals surface area contributed by atoms with E-state index in [0.717, 1.165) is 31.5 Å². The number of amides is 2. The summed E-state index contributed by atoms with van der Waals surface area (Å²) >= 11 is 0. The molecule has 0 unspecified atom stereocenters. The van der Waals surface area contributed by atoms with Gasteiger partial charge in [-0.1, -0.05) is 6.07 Å². The summed E-state index contributed by atoms with van der Waals surface area (Å²) in [5, 5.41) is 3.14. The van der Waals surface area contributed by atoms with Crippen LogP contribution in [0, 0.1) is 0 Å². The van der Waals surface area contributed by atoms with Crippen molar-refractivity contribution in [3.63, 3.8) is 0 Å². The molecule has 0 aromatic carbocycles. The van der Waals surface area contributed by atoms with Crippen molar-refractivity contribution in [1.82, 2.24) is 24.8 Å². The largest absolute Gasteiger partial charge is 0.370 e. The van der Waals surface area contributed by atoms with Crippen LogP contribution in [0.25, 0.3) is 0 Å². The van der Waals surface area contributed by atoms with Gasteiger partial charge in [-0.3, -0.25) is 14.6 Å². The van der Waals surface area contributed by atoms with Crippen LogP contribution in [0.3, 0.4) is 0 Å². The molecule has 2 aliphatic rings. The van der Waals surface area contributed by atoms with Crippen molar-refractivity contribution in [2.45, 2.75) is 31.7 Å². The first-order chi connectivity index (χ1) is 14.7. The van der Waals surface area contributed by atoms with Crippen molar-refractivity contribution in [3.8, 4) is 0 Å². The van der Waals surface area contributed by atoms with E-state index in [0.29, 0.717) is 37.8 Å². The molecule has 30 heavy (non-hydrogen) atoms. The third-order valence-corrected chi connectivity index (χ3v) is 5.41. The van der Waals surface area contributed by atoms with E-state index in [4.69, 9.17) is 4.74 Å². The second-order valence-corrected chi connectivity index (χ2v) is 7.45. The van der Waals surface area contributed by atoms with Gasteiger partial charge < -0.3 is 19.9 Å². The highest BCUT2D eigenvalue weighted by Crippen LogP contribution is 2.31. The Morgan fingerprint density at radius 2 is 2.13 bits per heavy atom. The summed E-state index contributed by atoms with van der Waals surface area (Å²) in [4.78, 5) is 40.9. The minimum atomic E-state index is -0.0649. The van der Waals surface area contributed by atoms with E-state index in [1.807, 2.05) is 23.1 Å². The smallest absolute Gasteiger partial charge is 0.249 e. The zero-order valence-corrected chi connectivity index (χ0v) is 16.9. The molecule has 1 N–H and O–H groups in total. The number of ether oxygens (including phenoxy) is 1. The highest BCUT2D eigenvalue weighted by atomic mass is 16.5. The lowest BCUT2D eigenvalue weighted by Crippen LogP contribution is -2.35. The van der Waals surface area contributed by atoms with Gasteiger partial charge in [0.25, 0.3) is 0 Å². The van der Waals surface area contributed by atoms with Crippen LogP contribution in [-0.2, 0) is 14.3 Å². The first kappa shape index (κ1) is 20.2. The van der Waals surface area contributed by atoms with Crippen LogP contribution in [0.2, 0.25) is 0 Å². The van der Waals surface area contributed by atoms with E-state index in [9.17, 15) is 9.59 Å². The number of carbonyl (C=O) groups excluding carboxylic acids is 2. The average Bonchev–Trinajstić information content (AvgIpc) is 3.41. The molecule has 9 nitrogen and oxygen atoms in total. The van der Waals surface area contributed by atoms with Crippen LogP contribution >= 0.6 is 0 Å². The van der Waals surface area contributed by atoms with Gasteiger partial charge >= 0.3 is 0 Å². The van der Waals surface area contributed by atoms with E-state index in [1.54, 1.807) is 23.5 Å². The molecule has 9 heteroatoms. The molecule has 0 saturated carbocycles. The molecule has 0 spiro atoms. The Hall–Kier alpha value is -3.07. The zero-order valence-electron chi connectivity index (χ0n) is 16.9. The van der Waals surface area contributed by atoms with Gasteiger partial charge in [-0.15, -0.1) is 0 Å². The van der Waals surface area contributed by atoms with Gasteiger partial charge in [0.15, 0.2) is 0 Å². The van der Waals surface area contributed by atoms with Crippen molar-refractivity contribution < 1.29 is 14.3 Å². The van der Waals surface area contributed by atoms with E-state index < -0.39 is 0 Å². The molecule has 0 bridgehead atoms. The maximum Gasteiger partial charge on any atom is 0.249 e. The number of nitrogens with zero attached hydrogens (tertiary/aromatic N) is 5. The Bertz CT molecular complexity index is 878. The second kappa shape index (κ2) is 9.62. The highest BCUT2D eigenvalue weighted by Gasteiger charge is 2.31. The lowest BCUT2D eigenvalue weighted by Gasteiger charge is -2.25. The molecule has 1 atom stereocenters. The minimum Gasteiger partial charge on any atom is -0.370 e. The third kappa shape index (κ3) is 4.91. The van der Waals surface area contributed by atoms with Crippen LogP contribution in [0.15, 0.2) is 36.8 Å². The first-order valence-electron chi connectivity index (χ1n) is 10.4. The first-order valence-corrected chi connectivity index (χ1v) is 10.4. The Kier molecular flexibility index (Phi) is 6.48. The molecule has 158 valence electrons. The molecule has 2 aromatic rings. The molecular weight excluding hydrogens is 384 g/mol. The van der Waals surface area contributed by atoms with Crippen LogP contribution in [0.5, 0.6) is 0 Å². The normalized spacial score (nSPS) is 18.8. The van der Waals surface area contributed by atoms with Gasteiger partial charge in [0.2, 0.25) is 11.8 Å². The average molecular weight is 410 g/mol. The standard InChI is InChI=1S/C21H26N6O3/c28-20-7-3-10-26(20)12-13-30-15-21(29)27-11-2-5-17(27)16-4-1-6-18(24-16)25-19-14-22-8-9-23-19/h1,4,6,8-9,14,17H,2-3,5,7,10-13,15H2,(H,23,24,25)/t17-/m0/s1. The molecule has 0 radical (unpaired) electrons. The number of hydrogen-bond donors (Lipinski definition) is 1. The zero-order chi connectivity index (χ0) is 20.8. The lowest BCUT2D eigenvalue weighted by molar-refractivity contribution is -0.137. The van der Waals surface area contributed by atoms with Crippen LogP contribution < -0.4 is 5.32 Å². The van der Waals surface area contributed by atoms with Gasteiger partial charge in [-0.2, -0.15) is 0 Å². The third-order valence-electron chi connectivity index (χ3n) is 5.41. The molecule has 4 rings (SSSR count). The van der Waals surface area contributed by atoms with Crippen molar-refractivity contribution >= 4 is 23.5 Å². The fourth-order valence-electron chi connectivity index (χ4n) is 3.93. The Balaban J connectivity index is 1.32. The summed E-state index contributed by atoms with van der Waals surface area (Å²) in [6.07, 6.45) is 8.19. The Labute approximate surface area is 175 Å². The predicted octanol–water partition coefficient (Wildman–Crippen LogP) is 1.92. The number of pyridine rings is 1. The number of nitrogens with one attached hydrogen (secondary N) is 1. The Morgan fingerprint density at radius 1 is 1.20 bits per heavy atom. The van der Waals surface area contributed by atoms with Crippen LogP contribution in [0.4, 0.5) is 11.6 Å². The van der Waals surface area contributed by atoms with Gasteiger partial charge in [-0.25, -0.2) is 9.97 Å². The van der Waals surface area contributed by atoms with Crippen molar-refractivity contribution in [3.05, 3.63) is 42.5 Å². The minimum absolute atomic E-state index is 0.0239. The SMILES string of the molecule is O=C1CCCN1CCOCC(=O)N1CCC[C@H]1c1cccc(Nc2cnccn2)n1. The summed E-state index contributed by atoms with van der Waals surface area (Å²) in [5.74, 6) is 1.41. The molecule has 2 saturated heterocycles. The number of likely N-dealkylation sites (tertiary alicyclic amines) is 2. The van der Waals surface area contributed by atoms with Crippen LogP contribution in [-0.4, -0.2) is 69.4 Å². The van der Waals surface area contributed by atoms with Crippen molar-refractivity contribution in [2.75, 3.05) is 38.2 Å². The summed E-state index contributed by atoms with van der Waals surface area (Å²) in [5.41, 5.74) is 0.845. The Morgan fingerprint density at radius 3 is 2.93 bits per heavy atom. The number of anilines is 2. The maximum atomic E-state index is 12.7. The van der Waals surface area contributed by atoms with Crippen LogP contribution in [0.1, 0.15) is 37.4 Å². The molecular formula is C21H26N6O3. The predicted molar refractivity (Wildman–Crippen MR) is 110 cm³/mol. The number of hydrogen-bond acceptors (Lipinski definition) is 7. The van der Waals surface area contributed by atoms with Gasteiger partial charge in [0.05, 0.1) is 24.5 Å². The van der Waals surface area contributed by atoms with Crippen molar-refractivity contribution in [1.29, 1.82) is 0 Å². The molecule has 2 aliphatic heterocycles. The molecule has 2 aromatic heterocycles. The molecule has 0 aliphatic carbocycles. The second-order valence-electron chi connectivity index (χ2n) is 7.45. The quantitative estimate of drug-likeness (QED) is 0.664. The van der Waals surface area contributed by atoms with Gasteiger partial charge in [0, 0.05) is 38.4 Å². The summed E-state index contributed by atoms with van der Waals surface area (Å²) in [6, 6.07) is 5.66. The van der Waals surface area contributed by atoms with E-state index in [-0.39, 0.29) is 24.5 Å². The summed E-state index contributed by atoms with van der Waals surface area (Å²) in [7, 11) is 0. The topological polar surface area (TPSA) is 101 Å². The number of rotatable bonds is 8. The summed E-state index contributed by atoms with van der Waals surface area (Å²) in [6.45, 7) is 2.44.